The molecule has 4 fully saturated rings. The Hall–Kier alpha value is -3.23. The van der Waals surface area contributed by atoms with Gasteiger partial charge in [0.1, 0.15) is 40.8 Å². The molecule has 9 nitrogen and oxygen atoms in total. The molecule has 2 spiro atoms. The minimum atomic E-state index is -4.97. The van der Waals surface area contributed by atoms with Crippen LogP contribution in [0.3, 0.4) is 0 Å². The van der Waals surface area contributed by atoms with Crippen LogP contribution in [0.25, 0.3) is 22.2 Å². The number of nitrogens with zero attached hydrogens (tertiary/aromatic N) is 5. The van der Waals surface area contributed by atoms with Crippen LogP contribution in [-0.4, -0.2) is 80.7 Å². The standard InChI is InChI=1S/C32H34ClF5N6O3/c1-43-26-21-25(41-28(42-26)46-15-30-6-3-7-44(30)13-16(34)10-30)23(35)24(19-8-17(39)9-20(33)22(19)32(36,37)38)40-27(21)47-31(11-18(45)12-31)14-29(43)4-2-5-29/h8-9,16,18,45H,2-7,10-15,39H2,1H3/t16-,18?,30+,31?/m1/s1. The second-order valence-electron chi connectivity index (χ2n) is 14.1. The summed E-state index contributed by atoms with van der Waals surface area (Å²) in [6.07, 6.45) is -1.11. The van der Waals surface area contributed by atoms with Crippen LogP contribution in [0, 0.1) is 5.82 Å². The van der Waals surface area contributed by atoms with Crippen LogP contribution in [0.2, 0.25) is 5.02 Å². The number of halogens is 6. The maximum Gasteiger partial charge on any atom is 0.418 e. The van der Waals surface area contributed by atoms with Gasteiger partial charge in [0.2, 0.25) is 5.88 Å². The van der Waals surface area contributed by atoms with E-state index in [0.717, 1.165) is 50.8 Å². The van der Waals surface area contributed by atoms with E-state index in [1.165, 1.54) is 0 Å². The molecular weight excluding hydrogens is 647 g/mol. The number of nitrogen functional groups attached to an aromatic ring is 1. The average molecular weight is 681 g/mol. The zero-order valence-corrected chi connectivity index (χ0v) is 26.4. The number of aliphatic hydroxyl groups excluding tert-OH is 1. The van der Waals surface area contributed by atoms with E-state index in [2.05, 4.69) is 14.9 Å². The fourth-order valence-electron chi connectivity index (χ4n) is 8.72. The number of hydrogen-bond acceptors (Lipinski definition) is 9. The summed E-state index contributed by atoms with van der Waals surface area (Å²) < 4.78 is 87.2. The SMILES string of the molecule is CN1c2nc(OC[C@@]34CCCN3C[C@H](F)C4)nc3c(F)c(-c4cc(N)cc(Cl)c4C(F)(F)F)nc(c23)OC2(CC(O)C2)CC12CCC2. The maximum atomic E-state index is 16.9. The second kappa shape index (κ2) is 10.4. The van der Waals surface area contributed by atoms with Crippen LogP contribution in [0.15, 0.2) is 12.1 Å². The summed E-state index contributed by atoms with van der Waals surface area (Å²) in [5.74, 6) is -1.04. The van der Waals surface area contributed by atoms with Crippen molar-refractivity contribution in [2.45, 2.75) is 92.9 Å². The monoisotopic (exact) mass is 680 g/mol. The zero-order valence-electron chi connectivity index (χ0n) is 25.6. The van der Waals surface area contributed by atoms with Crippen molar-refractivity contribution in [3.63, 3.8) is 0 Å². The summed E-state index contributed by atoms with van der Waals surface area (Å²) in [7, 11) is 1.84. The molecule has 2 atom stereocenters. The fourth-order valence-corrected chi connectivity index (χ4v) is 9.06. The van der Waals surface area contributed by atoms with Gasteiger partial charge in [-0.15, -0.1) is 0 Å². The molecule has 0 bridgehead atoms. The molecule has 3 aromatic rings. The van der Waals surface area contributed by atoms with Crippen molar-refractivity contribution in [1.82, 2.24) is 19.9 Å². The highest BCUT2D eigenvalue weighted by Gasteiger charge is 2.57. The van der Waals surface area contributed by atoms with Crippen LogP contribution in [-0.2, 0) is 6.18 Å². The lowest BCUT2D eigenvalue weighted by Crippen LogP contribution is -2.63. The maximum absolute atomic E-state index is 16.9. The molecule has 15 heteroatoms. The first-order chi connectivity index (χ1) is 22.2. The molecule has 2 aliphatic carbocycles. The number of anilines is 2. The predicted octanol–water partition coefficient (Wildman–Crippen LogP) is 6.08. The third-order valence-electron chi connectivity index (χ3n) is 11.1. The normalized spacial score (nSPS) is 29.7. The van der Waals surface area contributed by atoms with Crippen molar-refractivity contribution in [2.24, 2.45) is 0 Å². The molecule has 1 aromatic carbocycles. The van der Waals surface area contributed by atoms with Gasteiger partial charge in [-0.3, -0.25) is 4.90 Å². The minimum absolute atomic E-state index is 0.0696. The Morgan fingerprint density at radius 3 is 2.57 bits per heavy atom. The largest absolute Gasteiger partial charge is 0.470 e. The molecule has 0 amide bonds. The number of pyridine rings is 1. The number of alkyl halides is 4. The molecular formula is C32H34ClF5N6O3. The van der Waals surface area contributed by atoms with E-state index in [9.17, 15) is 22.7 Å². The number of hydrogen-bond donors (Lipinski definition) is 2. The van der Waals surface area contributed by atoms with Gasteiger partial charge in [0.15, 0.2) is 5.82 Å². The highest BCUT2D eigenvalue weighted by molar-refractivity contribution is 6.32. The van der Waals surface area contributed by atoms with Crippen molar-refractivity contribution >= 4 is 34.0 Å². The summed E-state index contributed by atoms with van der Waals surface area (Å²) in [5.41, 5.74) is 0.931. The molecule has 2 saturated heterocycles. The Bertz CT molecular complexity index is 1780. The van der Waals surface area contributed by atoms with Crippen molar-refractivity contribution in [1.29, 1.82) is 0 Å². The quantitative estimate of drug-likeness (QED) is 0.251. The lowest BCUT2D eigenvalue weighted by molar-refractivity contribution is -0.137. The Kier molecular flexibility index (Phi) is 6.86. The van der Waals surface area contributed by atoms with E-state index >= 15 is 4.39 Å². The zero-order chi connectivity index (χ0) is 33.1. The van der Waals surface area contributed by atoms with Gasteiger partial charge < -0.3 is 25.2 Å². The molecule has 3 aliphatic heterocycles. The third kappa shape index (κ3) is 4.79. The average Bonchev–Trinajstić information content (AvgIpc) is 3.47. The van der Waals surface area contributed by atoms with Gasteiger partial charge in [-0.25, -0.2) is 13.8 Å². The highest BCUT2D eigenvalue weighted by atomic mass is 35.5. The second-order valence-corrected chi connectivity index (χ2v) is 14.5. The molecule has 3 N–H and O–H groups in total. The van der Waals surface area contributed by atoms with Crippen LogP contribution >= 0.6 is 11.6 Å². The topological polar surface area (TPSA) is 110 Å². The van der Waals surface area contributed by atoms with Crippen LogP contribution in [0.4, 0.5) is 33.5 Å². The summed E-state index contributed by atoms with van der Waals surface area (Å²) in [6.45, 7) is 1.12. The Balaban J connectivity index is 1.34. The smallest absolute Gasteiger partial charge is 0.418 e. The number of benzene rings is 1. The fraction of sp³-hybridized carbons (Fsp3) is 0.594. The van der Waals surface area contributed by atoms with Crippen molar-refractivity contribution in [2.75, 3.05) is 37.4 Å². The first-order valence-electron chi connectivity index (χ1n) is 15.9. The molecule has 2 aromatic heterocycles. The number of rotatable bonds is 4. The van der Waals surface area contributed by atoms with E-state index < -0.39 is 62.8 Å². The Labute approximate surface area is 272 Å². The predicted molar refractivity (Wildman–Crippen MR) is 164 cm³/mol. The Morgan fingerprint density at radius 1 is 1.13 bits per heavy atom. The van der Waals surface area contributed by atoms with Crippen LogP contribution in [0.5, 0.6) is 11.9 Å². The molecule has 5 aliphatic rings. The van der Waals surface area contributed by atoms with Crippen molar-refractivity contribution in [3.05, 3.63) is 28.5 Å². The minimum Gasteiger partial charge on any atom is -0.470 e. The number of ether oxygens (including phenoxy) is 2. The van der Waals surface area contributed by atoms with Gasteiger partial charge in [-0.05, 0) is 50.8 Å². The molecule has 0 radical (unpaired) electrons. The van der Waals surface area contributed by atoms with Gasteiger partial charge in [-0.2, -0.15) is 23.1 Å². The summed E-state index contributed by atoms with van der Waals surface area (Å²) in [4.78, 5) is 17.6. The van der Waals surface area contributed by atoms with Crippen molar-refractivity contribution < 1.29 is 36.5 Å². The number of fused-ring (bicyclic) bond motifs is 1. The van der Waals surface area contributed by atoms with E-state index in [1.54, 1.807) is 0 Å². The van der Waals surface area contributed by atoms with Crippen LogP contribution < -0.4 is 20.1 Å². The van der Waals surface area contributed by atoms with Gasteiger partial charge in [0.05, 0.1) is 22.2 Å². The lowest BCUT2D eigenvalue weighted by atomic mass is 9.62. The van der Waals surface area contributed by atoms with E-state index in [-0.39, 0.29) is 53.7 Å². The number of nitrogens with two attached hydrogens (primary N) is 1. The van der Waals surface area contributed by atoms with Gasteiger partial charge in [-0.1, -0.05) is 11.6 Å². The van der Waals surface area contributed by atoms with E-state index in [1.807, 2.05) is 11.9 Å². The highest BCUT2D eigenvalue weighted by Crippen LogP contribution is 2.55. The van der Waals surface area contributed by atoms with Gasteiger partial charge >= 0.3 is 12.2 Å². The first-order valence-corrected chi connectivity index (χ1v) is 16.3. The summed E-state index contributed by atoms with van der Waals surface area (Å²) in [6, 6.07) is 1.74. The molecule has 252 valence electrons. The van der Waals surface area contributed by atoms with E-state index in [4.69, 9.17) is 31.8 Å². The molecule has 5 heterocycles. The lowest BCUT2D eigenvalue weighted by Gasteiger charge is -2.57. The molecule has 2 saturated carbocycles. The van der Waals surface area contributed by atoms with Crippen molar-refractivity contribution in [3.8, 4) is 23.1 Å². The summed E-state index contributed by atoms with van der Waals surface area (Å²) >= 11 is 6.05. The number of aromatic nitrogens is 3. The van der Waals surface area contributed by atoms with Gasteiger partial charge in [0.25, 0.3) is 0 Å². The van der Waals surface area contributed by atoms with E-state index in [0.29, 0.717) is 19.4 Å². The molecule has 0 unspecified atom stereocenters. The Morgan fingerprint density at radius 2 is 1.89 bits per heavy atom. The number of aliphatic hydroxyl groups is 1. The molecule has 47 heavy (non-hydrogen) atoms. The third-order valence-corrected chi connectivity index (χ3v) is 11.4. The summed E-state index contributed by atoms with van der Waals surface area (Å²) in [5, 5.41) is 9.75. The molecule has 8 rings (SSSR count). The van der Waals surface area contributed by atoms with Gasteiger partial charge in [0, 0.05) is 56.1 Å². The first kappa shape index (κ1) is 31.1. The van der Waals surface area contributed by atoms with Crippen LogP contribution in [0.1, 0.15) is 63.4 Å².